The lowest BCUT2D eigenvalue weighted by atomic mass is 10.2. The third-order valence-electron chi connectivity index (χ3n) is 1.89. The monoisotopic (exact) mass is 251 g/mol. The number of aryl methyl sites for hydroxylation is 1. The van der Waals surface area contributed by atoms with Crippen LogP contribution in [0, 0.1) is 18.3 Å². The van der Waals surface area contributed by atoms with Crippen molar-refractivity contribution in [1.29, 1.82) is 5.26 Å². The third kappa shape index (κ3) is 1.37. The molecule has 0 aliphatic rings. The number of nitrogens with zero attached hydrogens (tertiary/aromatic N) is 1. The van der Waals surface area contributed by atoms with E-state index < -0.39 is 0 Å². The predicted molar refractivity (Wildman–Crippen MR) is 59.0 cm³/mol. The standard InChI is InChI=1S/C10H6BrNS/c1-6-2-3-7-8(4-6)13-9(5-12)10(7)11/h2-4H,1H3. The number of hydrogen-bond donors (Lipinski definition) is 0. The first-order valence-electron chi connectivity index (χ1n) is 3.81. The highest BCUT2D eigenvalue weighted by molar-refractivity contribution is 9.10. The summed E-state index contributed by atoms with van der Waals surface area (Å²) in [4.78, 5) is 0.751. The molecule has 0 amide bonds. The molecule has 0 saturated heterocycles. The fourth-order valence-electron chi connectivity index (χ4n) is 1.24. The zero-order chi connectivity index (χ0) is 9.42. The molecule has 1 aromatic carbocycles. The van der Waals surface area contributed by atoms with Crippen LogP contribution >= 0.6 is 27.3 Å². The van der Waals surface area contributed by atoms with Gasteiger partial charge in [-0.05, 0) is 34.5 Å². The fraction of sp³-hybridized carbons (Fsp3) is 0.100. The second kappa shape index (κ2) is 3.13. The van der Waals surface area contributed by atoms with Crippen molar-refractivity contribution in [2.75, 3.05) is 0 Å². The zero-order valence-corrected chi connectivity index (χ0v) is 9.37. The van der Waals surface area contributed by atoms with Crippen LogP contribution in [0.5, 0.6) is 0 Å². The highest BCUT2D eigenvalue weighted by Gasteiger charge is 2.08. The van der Waals surface area contributed by atoms with Gasteiger partial charge in [0.2, 0.25) is 0 Å². The second-order valence-corrected chi connectivity index (χ2v) is 4.70. The molecule has 0 atom stereocenters. The van der Waals surface area contributed by atoms with E-state index in [1.807, 2.05) is 6.07 Å². The van der Waals surface area contributed by atoms with Gasteiger partial charge in [-0.25, -0.2) is 0 Å². The number of hydrogen-bond acceptors (Lipinski definition) is 2. The Hall–Kier alpha value is -0.850. The van der Waals surface area contributed by atoms with E-state index in [4.69, 9.17) is 5.26 Å². The minimum absolute atomic E-state index is 0.751. The Morgan fingerprint density at radius 2 is 2.23 bits per heavy atom. The van der Waals surface area contributed by atoms with Crippen molar-refractivity contribution >= 4 is 37.4 Å². The van der Waals surface area contributed by atoms with E-state index in [1.165, 1.54) is 21.6 Å². The molecule has 0 aliphatic heterocycles. The van der Waals surface area contributed by atoms with Crippen LogP contribution in [0.1, 0.15) is 10.4 Å². The van der Waals surface area contributed by atoms with Gasteiger partial charge < -0.3 is 0 Å². The summed E-state index contributed by atoms with van der Waals surface area (Å²) >= 11 is 4.95. The van der Waals surface area contributed by atoms with Gasteiger partial charge in [-0.15, -0.1) is 11.3 Å². The SMILES string of the molecule is Cc1ccc2c(Br)c(C#N)sc2c1. The average Bonchev–Trinajstić information content (AvgIpc) is 2.42. The summed E-state index contributed by atoms with van der Waals surface area (Å²) < 4.78 is 2.10. The van der Waals surface area contributed by atoms with Crippen molar-refractivity contribution < 1.29 is 0 Å². The average molecular weight is 252 g/mol. The zero-order valence-electron chi connectivity index (χ0n) is 6.97. The van der Waals surface area contributed by atoms with E-state index in [1.54, 1.807) is 0 Å². The maximum Gasteiger partial charge on any atom is 0.120 e. The van der Waals surface area contributed by atoms with E-state index in [0.717, 1.165) is 14.7 Å². The first-order valence-corrected chi connectivity index (χ1v) is 5.42. The van der Waals surface area contributed by atoms with Gasteiger partial charge in [-0.2, -0.15) is 5.26 Å². The quantitative estimate of drug-likeness (QED) is 0.698. The summed E-state index contributed by atoms with van der Waals surface area (Å²) in [6.45, 7) is 2.05. The van der Waals surface area contributed by atoms with Crippen LogP contribution in [0.2, 0.25) is 0 Å². The molecule has 0 radical (unpaired) electrons. The van der Waals surface area contributed by atoms with Crippen LogP contribution in [-0.4, -0.2) is 0 Å². The Kier molecular flexibility index (Phi) is 2.10. The number of nitriles is 1. The molecule has 0 aliphatic carbocycles. The third-order valence-corrected chi connectivity index (χ3v) is 4.03. The Balaban J connectivity index is 2.86. The van der Waals surface area contributed by atoms with Crippen LogP contribution in [0.3, 0.4) is 0 Å². The van der Waals surface area contributed by atoms with Crippen LogP contribution in [0.15, 0.2) is 22.7 Å². The van der Waals surface area contributed by atoms with Gasteiger partial charge in [0.15, 0.2) is 0 Å². The maximum atomic E-state index is 8.82. The van der Waals surface area contributed by atoms with Gasteiger partial charge in [0.05, 0.1) is 4.47 Å². The van der Waals surface area contributed by atoms with Gasteiger partial charge in [-0.3, -0.25) is 0 Å². The molecule has 64 valence electrons. The Morgan fingerprint density at radius 3 is 2.92 bits per heavy atom. The maximum absolute atomic E-state index is 8.82. The molecule has 1 heterocycles. The molecule has 2 rings (SSSR count). The van der Waals surface area contributed by atoms with Crippen LogP contribution in [0.25, 0.3) is 10.1 Å². The summed E-state index contributed by atoms with van der Waals surface area (Å²) in [6, 6.07) is 8.38. The fourth-order valence-corrected chi connectivity index (χ4v) is 3.04. The molecule has 1 nitrogen and oxygen atoms in total. The second-order valence-electron chi connectivity index (χ2n) is 2.86. The molecule has 0 unspecified atom stereocenters. The van der Waals surface area contributed by atoms with E-state index >= 15 is 0 Å². The molecule has 0 N–H and O–H groups in total. The molecule has 2 aromatic rings. The number of thiophene rings is 1. The van der Waals surface area contributed by atoms with Crippen molar-refractivity contribution in [2.24, 2.45) is 0 Å². The van der Waals surface area contributed by atoms with E-state index in [9.17, 15) is 0 Å². The van der Waals surface area contributed by atoms with Crippen LogP contribution in [0.4, 0.5) is 0 Å². The normalized spacial score (nSPS) is 10.2. The molecule has 0 bridgehead atoms. The molecule has 3 heteroatoms. The van der Waals surface area contributed by atoms with Gasteiger partial charge in [0, 0.05) is 10.1 Å². The van der Waals surface area contributed by atoms with Gasteiger partial charge in [-0.1, -0.05) is 12.1 Å². The Morgan fingerprint density at radius 1 is 1.46 bits per heavy atom. The van der Waals surface area contributed by atoms with E-state index in [2.05, 4.69) is 41.1 Å². The number of rotatable bonds is 0. The highest BCUT2D eigenvalue weighted by Crippen LogP contribution is 2.35. The van der Waals surface area contributed by atoms with E-state index in [0.29, 0.717) is 0 Å². The molecule has 13 heavy (non-hydrogen) atoms. The largest absolute Gasteiger partial charge is 0.191 e. The van der Waals surface area contributed by atoms with Gasteiger partial charge in [0.1, 0.15) is 10.9 Å². The van der Waals surface area contributed by atoms with Crippen molar-refractivity contribution in [3.8, 4) is 6.07 Å². The predicted octanol–water partition coefficient (Wildman–Crippen LogP) is 3.84. The van der Waals surface area contributed by atoms with E-state index in [-0.39, 0.29) is 0 Å². The molecule has 0 fully saturated rings. The molecular weight excluding hydrogens is 246 g/mol. The topological polar surface area (TPSA) is 23.8 Å². The Labute approximate surface area is 88.7 Å². The van der Waals surface area contributed by atoms with Crippen LogP contribution in [-0.2, 0) is 0 Å². The molecule has 0 saturated carbocycles. The van der Waals surface area contributed by atoms with Crippen molar-refractivity contribution in [3.63, 3.8) is 0 Å². The summed E-state index contributed by atoms with van der Waals surface area (Å²) in [5, 5.41) is 9.95. The highest BCUT2D eigenvalue weighted by atomic mass is 79.9. The number of benzene rings is 1. The lowest BCUT2D eigenvalue weighted by Gasteiger charge is -1.91. The number of fused-ring (bicyclic) bond motifs is 1. The number of halogens is 1. The first kappa shape index (κ1) is 8.74. The minimum Gasteiger partial charge on any atom is -0.191 e. The summed E-state index contributed by atoms with van der Waals surface area (Å²) in [5.41, 5.74) is 1.23. The summed E-state index contributed by atoms with van der Waals surface area (Å²) in [6.07, 6.45) is 0. The minimum atomic E-state index is 0.751. The molecular formula is C10H6BrNS. The van der Waals surface area contributed by atoms with Gasteiger partial charge in [0.25, 0.3) is 0 Å². The lowest BCUT2D eigenvalue weighted by molar-refractivity contribution is 1.51. The molecule has 0 spiro atoms. The van der Waals surface area contributed by atoms with Crippen molar-refractivity contribution in [1.82, 2.24) is 0 Å². The first-order chi connectivity index (χ1) is 6.22. The van der Waals surface area contributed by atoms with Crippen molar-refractivity contribution in [3.05, 3.63) is 33.1 Å². The lowest BCUT2D eigenvalue weighted by Crippen LogP contribution is -1.69. The summed E-state index contributed by atoms with van der Waals surface area (Å²) in [7, 11) is 0. The van der Waals surface area contributed by atoms with Gasteiger partial charge >= 0.3 is 0 Å². The van der Waals surface area contributed by atoms with Crippen molar-refractivity contribution in [2.45, 2.75) is 6.92 Å². The summed E-state index contributed by atoms with van der Waals surface area (Å²) in [5.74, 6) is 0. The van der Waals surface area contributed by atoms with Crippen LogP contribution < -0.4 is 0 Å². The smallest absolute Gasteiger partial charge is 0.120 e. The molecule has 1 aromatic heterocycles. The Bertz CT molecular complexity index is 507.